The highest BCUT2D eigenvalue weighted by Crippen LogP contribution is 2.31. The van der Waals surface area contributed by atoms with E-state index in [0.29, 0.717) is 17.4 Å². The van der Waals surface area contributed by atoms with Crippen molar-refractivity contribution in [3.8, 4) is 0 Å². The molecule has 1 fully saturated rings. The minimum absolute atomic E-state index is 0.110. The van der Waals surface area contributed by atoms with Crippen LogP contribution in [0.3, 0.4) is 0 Å². The number of nitrogens with zero attached hydrogens (tertiary/aromatic N) is 3. The van der Waals surface area contributed by atoms with Crippen molar-refractivity contribution in [3.05, 3.63) is 6.20 Å². The summed E-state index contributed by atoms with van der Waals surface area (Å²) in [6, 6.07) is 0. The van der Waals surface area contributed by atoms with Gasteiger partial charge in [0.2, 0.25) is 5.95 Å². The molecule has 0 radical (unpaired) electrons. The van der Waals surface area contributed by atoms with Gasteiger partial charge in [0, 0.05) is 6.61 Å². The zero-order valence-corrected chi connectivity index (χ0v) is 10.9. The molecule has 0 bridgehead atoms. The van der Waals surface area contributed by atoms with Gasteiger partial charge < -0.3 is 10.1 Å². The van der Waals surface area contributed by atoms with Crippen molar-refractivity contribution in [2.45, 2.75) is 31.9 Å². The Bertz CT molecular complexity index is 598. The van der Waals surface area contributed by atoms with Crippen LogP contribution in [-0.2, 0) is 4.74 Å². The summed E-state index contributed by atoms with van der Waals surface area (Å²) in [7, 11) is 0. The maximum atomic E-state index is 5.62. The van der Waals surface area contributed by atoms with Gasteiger partial charge in [-0.25, -0.2) is 5.84 Å². The predicted molar refractivity (Wildman–Crippen MR) is 71.6 cm³/mol. The lowest BCUT2D eigenvalue weighted by Gasteiger charge is -2.29. The van der Waals surface area contributed by atoms with Crippen LogP contribution in [0.25, 0.3) is 11.0 Å². The molecule has 8 nitrogen and oxygen atoms in total. The van der Waals surface area contributed by atoms with E-state index >= 15 is 0 Å². The summed E-state index contributed by atoms with van der Waals surface area (Å²) in [6.45, 7) is 4.91. The van der Waals surface area contributed by atoms with Gasteiger partial charge in [-0.05, 0) is 20.3 Å². The van der Waals surface area contributed by atoms with E-state index in [1.165, 1.54) is 0 Å². The lowest BCUT2D eigenvalue weighted by Crippen LogP contribution is -2.41. The number of anilines is 2. The topological polar surface area (TPSA) is 114 Å². The average molecular weight is 263 g/mol. The maximum absolute atomic E-state index is 5.62. The van der Waals surface area contributed by atoms with Gasteiger partial charge in [0.1, 0.15) is 5.82 Å². The summed E-state index contributed by atoms with van der Waals surface area (Å²) in [6.07, 6.45) is 2.73. The van der Waals surface area contributed by atoms with Crippen molar-refractivity contribution in [1.29, 1.82) is 0 Å². The third-order valence-corrected chi connectivity index (χ3v) is 3.73. The molecule has 0 aliphatic carbocycles. The minimum atomic E-state index is -0.162. The molecule has 0 saturated carbocycles. The van der Waals surface area contributed by atoms with Crippen LogP contribution in [0.4, 0.5) is 11.8 Å². The highest BCUT2D eigenvalue weighted by atomic mass is 16.5. The Hall–Kier alpha value is -1.93. The number of hydrogen-bond donors (Lipinski definition) is 4. The first-order chi connectivity index (χ1) is 9.12. The van der Waals surface area contributed by atoms with E-state index in [0.717, 1.165) is 18.4 Å². The Morgan fingerprint density at radius 2 is 2.37 bits per heavy atom. The zero-order valence-electron chi connectivity index (χ0n) is 10.9. The van der Waals surface area contributed by atoms with Gasteiger partial charge in [0.25, 0.3) is 0 Å². The number of hydrogen-bond acceptors (Lipinski definition) is 7. The summed E-state index contributed by atoms with van der Waals surface area (Å²) in [5.74, 6) is 6.43. The van der Waals surface area contributed by atoms with Crippen molar-refractivity contribution in [2.24, 2.45) is 5.84 Å². The molecule has 2 aromatic heterocycles. The number of aromatic nitrogens is 4. The molecule has 1 aliphatic heterocycles. The quantitative estimate of drug-likeness (QED) is 0.474. The van der Waals surface area contributed by atoms with Gasteiger partial charge in [-0.15, -0.1) is 0 Å². The molecule has 0 amide bonds. The molecule has 0 aromatic carbocycles. The summed E-state index contributed by atoms with van der Waals surface area (Å²) >= 11 is 0. The molecule has 1 saturated heterocycles. The highest BCUT2D eigenvalue weighted by Gasteiger charge is 2.37. The SMILES string of the molecule is CC1OCCC1(C)Nc1nc(NN)nc2[nH]ncc12. The molecule has 19 heavy (non-hydrogen) atoms. The van der Waals surface area contributed by atoms with Crippen molar-refractivity contribution < 1.29 is 4.74 Å². The first kappa shape index (κ1) is 12.1. The number of nitrogen functional groups attached to an aromatic ring is 1. The van der Waals surface area contributed by atoms with E-state index < -0.39 is 0 Å². The summed E-state index contributed by atoms with van der Waals surface area (Å²) in [4.78, 5) is 8.56. The number of aromatic amines is 1. The Balaban J connectivity index is 2.02. The molecule has 5 N–H and O–H groups in total. The fraction of sp³-hybridized carbons (Fsp3) is 0.545. The Labute approximate surface area is 110 Å². The molecular weight excluding hydrogens is 246 g/mol. The van der Waals surface area contributed by atoms with Crippen molar-refractivity contribution >= 4 is 22.8 Å². The normalized spacial score (nSPS) is 26.8. The molecule has 102 valence electrons. The maximum Gasteiger partial charge on any atom is 0.241 e. The Kier molecular flexibility index (Phi) is 2.76. The second-order valence-electron chi connectivity index (χ2n) is 4.98. The van der Waals surface area contributed by atoms with Crippen LogP contribution in [0, 0.1) is 0 Å². The molecule has 1 aliphatic rings. The van der Waals surface area contributed by atoms with Crippen LogP contribution in [0.5, 0.6) is 0 Å². The average Bonchev–Trinajstić information content (AvgIpc) is 2.97. The van der Waals surface area contributed by atoms with E-state index in [-0.39, 0.29) is 11.6 Å². The molecule has 8 heteroatoms. The second-order valence-corrected chi connectivity index (χ2v) is 4.98. The highest BCUT2D eigenvalue weighted by molar-refractivity contribution is 5.87. The number of hydrazine groups is 1. The molecule has 2 aromatic rings. The largest absolute Gasteiger partial charge is 0.376 e. The van der Waals surface area contributed by atoms with Gasteiger partial charge in [-0.3, -0.25) is 10.5 Å². The molecule has 3 heterocycles. The van der Waals surface area contributed by atoms with Crippen molar-refractivity contribution in [3.63, 3.8) is 0 Å². The Morgan fingerprint density at radius 1 is 1.53 bits per heavy atom. The van der Waals surface area contributed by atoms with Crippen LogP contribution in [0.15, 0.2) is 6.20 Å². The molecule has 0 spiro atoms. The number of fused-ring (bicyclic) bond motifs is 1. The lowest BCUT2D eigenvalue weighted by atomic mass is 9.94. The first-order valence-corrected chi connectivity index (χ1v) is 6.20. The van der Waals surface area contributed by atoms with E-state index in [1.807, 2.05) is 0 Å². The number of ether oxygens (including phenoxy) is 1. The van der Waals surface area contributed by atoms with E-state index in [4.69, 9.17) is 10.6 Å². The van der Waals surface area contributed by atoms with Crippen LogP contribution in [-0.4, -0.2) is 38.4 Å². The minimum Gasteiger partial charge on any atom is -0.376 e. The van der Waals surface area contributed by atoms with Crippen LogP contribution < -0.4 is 16.6 Å². The summed E-state index contributed by atoms with van der Waals surface area (Å²) in [5, 5.41) is 11.1. The van der Waals surface area contributed by atoms with Crippen molar-refractivity contribution in [2.75, 3.05) is 17.3 Å². The fourth-order valence-corrected chi connectivity index (χ4v) is 2.26. The Morgan fingerprint density at radius 3 is 3.05 bits per heavy atom. The first-order valence-electron chi connectivity index (χ1n) is 6.20. The number of H-pyrrole nitrogens is 1. The standard InChI is InChI=1S/C11H17N7O/c1-6-11(2,3-4-19-6)16-8-7-5-13-18-9(7)15-10(14-8)17-12/h5-6H,3-4,12H2,1-2H3,(H3,13,14,15,16,17,18). The molecule has 3 rings (SSSR count). The van der Waals surface area contributed by atoms with Crippen LogP contribution in [0.2, 0.25) is 0 Å². The van der Waals surface area contributed by atoms with E-state index in [1.54, 1.807) is 6.20 Å². The number of nitrogens with one attached hydrogen (secondary N) is 3. The van der Waals surface area contributed by atoms with E-state index in [9.17, 15) is 0 Å². The van der Waals surface area contributed by atoms with Crippen LogP contribution in [0.1, 0.15) is 20.3 Å². The van der Waals surface area contributed by atoms with Gasteiger partial charge in [-0.2, -0.15) is 15.1 Å². The third-order valence-electron chi connectivity index (χ3n) is 3.73. The number of nitrogens with two attached hydrogens (primary N) is 1. The van der Waals surface area contributed by atoms with Gasteiger partial charge in [0.15, 0.2) is 5.65 Å². The van der Waals surface area contributed by atoms with Crippen LogP contribution >= 0.6 is 0 Å². The number of rotatable bonds is 3. The fourth-order valence-electron chi connectivity index (χ4n) is 2.26. The van der Waals surface area contributed by atoms with Crippen molar-refractivity contribution in [1.82, 2.24) is 20.2 Å². The molecule has 2 atom stereocenters. The zero-order chi connectivity index (χ0) is 13.5. The monoisotopic (exact) mass is 263 g/mol. The van der Waals surface area contributed by atoms with Gasteiger partial charge in [0.05, 0.1) is 23.2 Å². The summed E-state index contributed by atoms with van der Waals surface area (Å²) < 4.78 is 5.62. The summed E-state index contributed by atoms with van der Waals surface area (Å²) in [5.41, 5.74) is 2.93. The second kappa shape index (κ2) is 4.32. The van der Waals surface area contributed by atoms with Gasteiger partial charge in [-0.1, -0.05) is 0 Å². The van der Waals surface area contributed by atoms with Gasteiger partial charge >= 0.3 is 0 Å². The molecule has 2 unspecified atom stereocenters. The van der Waals surface area contributed by atoms with E-state index in [2.05, 4.69) is 44.8 Å². The predicted octanol–water partition coefficient (Wildman–Crippen LogP) is 0.618. The lowest BCUT2D eigenvalue weighted by molar-refractivity contribution is 0.105. The third kappa shape index (κ3) is 1.98. The molecular formula is C11H17N7O. The smallest absolute Gasteiger partial charge is 0.241 e.